The molecule has 0 spiro atoms. The maximum absolute atomic E-state index is 13.6. The molecule has 2 N–H and O–H groups in total. The van der Waals surface area contributed by atoms with Crippen molar-refractivity contribution >= 4 is 17.7 Å². The van der Waals surface area contributed by atoms with E-state index in [0.717, 1.165) is 99.5 Å². The Kier molecular flexibility index (Phi) is 11.5. The lowest BCUT2D eigenvalue weighted by atomic mass is 9.75. The minimum absolute atomic E-state index is 0.193. The first-order valence-corrected chi connectivity index (χ1v) is 18.2. The fraction of sp³-hybridized carbons (Fsp3) is 0.605. The van der Waals surface area contributed by atoms with Crippen LogP contribution >= 0.6 is 0 Å². The molecule has 4 heterocycles. The van der Waals surface area contributed by atoms with Crippen LogP contribution in [0.2, 0.25) is 0 Å². The SMILES string of the molecule is Cn1cnnc1CC1(c2cccc(NC(=O)c3cc(CN4CC[C@H](OCCCCCCNC(=O)OC(C)(C)C)C4)cc(C4CC4)n3)c2)COC1. The highest BCUT2D eigenvalue weighted by molar-refractivity contribution is 6.03. The van der Waals surface area contributed by atoms with Crippen molar-refractivity contribution in [1.29, 1.82) is 0 Å². The zero-order chi connectivity index (χ0) is 35.1. The number of ether oxygens (including phenoxy) is 3. The summed E-state index contributed by atoms with van der Waals surface area (Å²) in [5.41, 5.74) is 3.79. The summed E-state index contributed by atoms with van der Waals surface area (Å²) in [6, 6.07) is 12.2. The van der Waals surface area contributed by atoms with E-state index in [1.54, 1.807) is 6.33 Å². The monoisotopic (exact) mass is 687 g/mol. The number of rotatable bonds is 16. The van der Waals surface area contributed by atoms with E-state index >= 15 is 0 Å². The van der Waals surface area contributed by atoms with Crippen molar-refractivity contribution < 1.29 is 23.8 Å². The van der Waals surface area contributed by atoms with Gasteiger partial charge in [-0.2, -0.15) is 0 Å². The summed E-state index contributed by atoms with van der Waals surface area (Å²) in [6.45, 7) is 10.8. The second kappa shape index (κ2) is 16.0. The van der Waals surface area contributed by atoms with Crippen LogP contribution in [0.3, 0.4) is 0 Å². The lowest BCUT2D eigenvalue weighted by Crippen LogP contribution is -2.49. The molecule has 12 heteroatoms. The summed E-state index contributed by atoms with van der Waals surface area (Å²) >= 11 is 0. The number of hydrogen-bond acceptors (Lipinski definition) is 9. The topological polar surface area (TPSA) is 133 Å². The molecule has 1 aliphatic carbocycles. The number of nitrogens with one attached hydrogen (secondary N) is 2. The Morgan fingerprint density at radius 3 is 2.60 bits per heavy atom. The number of likely N-dealkylation sites (tertiary alicyclic amines) is 1. The number of carbonyl (C=O) groups excluding carboxylic acids is 2. The van der Waals surface area contributed by atoms with Gasteiger partial charge in [-0.05, 0) is 88.3 Å². The number of aryl methyl sites for hydroxylation is 1. The van der Waals surface area contributed by atoms with E-state index < -0.39 is 5.60 Å². The van der Waals surface area contributed by atoms with E-state index in [4.69, 9.17) is 19.2 Å². The van der Waals surface area contributed by atoms with Crippen LogP contribution < -0.4 is 10.6 Å². The number of amides is 2. The van der Waals surface area contributed by atoms with Gasteiger partial charge in [-0.3, -0.25) is 9.69 Å². The molecule has 2 aromatic heterocycles. The van der Waals surface area contributed by atoms with Gasteiger partial charge >= 0.3 is 6.09 Å². The van der Waals surface area contributed by atoms with E-state index in [0.29, 0.717) is 37.8 Å². The number of carbonyl (C=O) groups is 2. The summed E-state index contributed by atoms with van der Waals surface area (Å²) in [6.07, 6.45) is 9.60. The molecule has 1 atom stereocenters. The Labute approximate surface area is 295 Å². The van der Waals surface area contributed by atoms with Crippen LogP contribution in [0.15, 0.2) is 42.7 Å². The summed E-state index contributed by atoms with van der Waals surface area (Å²) in [7, 11) is 1.95. The first-order valence-electron chi connectivity index (χ1n) is 18.2. The minimum Gasteiger partial charge on any atom is -0.444 e. The third-order valence-corrected chi connectivity index (χ3v) is 9.65. The molecule has 12 nitrogen and oxygen atoms in total. The predicted octanol–water partition coefficient (Wildman–Crippen LogP) is 5.53. The number of alkyl carbamates (subject to hydrolysis) is 1. The van der Waals surface area contributed by atoms with Gasteiger partial charge < -0.3 is 29.4 Å². The molecule has 2 saturated heterocycles. The van der Waals surface area contributed by atoms with Gasteiger partial charge in [0, 0.05) is 69.0 Å². The number of aromatic nitrogens is 4. The van der Waals surface area contributed by atoms with Gasteiger partial charge in [0.1, 0.15) is 23.4 Å². The number of nitrogens with zero attached hydrogens (tertiary/aromatic N) is 5. The Bertz CT molecular complexity index is 1610. The maximum Gasteiger partial charge on any atom is 0.407 e. The van der Waals surface area contributed by atoms with Crippen molar-refractivity contribution in [1.82, 2.24) is 30.0 Å². The molecule has 3 fully saturated rings. The summed E-state index contributed by atoms with van der Waals surface area (Å²) in [5.74, 6) is 1.15. The molecule has 0 radical (unpaired) electrons. The second-order valence-electron chi connectivity index (χ2n) is 15.3. The van der Waals surface area contributed by atoms with Crippen molar-refractivity contribution in [3.05, 3.63) is 71.1 Å². The number of unbranched alkanes of at least 4 members (excludes halogenated alkanes) is 3. The molecular formula is C38H53N7O5. The molecule has 3 aliphatic rings. The van der Waals surface area contributed by atoms with E-state index in [1.807, 2.05) is 50.6 Å². The standard InChI is InChI=1S/C38H53N7O5/c1-37(2,3)50-36(47)39-15-7-5-6-8-17-49-31-14-16-45(23-31)22-27-18-32(28-12-13-28)42-33(19-27)35(46)41-30-11-9-10-29(20-30)38(24-48-25-38)21-34-43-40-26-44(34)4/h9-11,18-20,26,28,31H,5-8,12-17,21-25H2,1-4H3,(H,39,47)(H,41,46)/t31-/m0/s1. The molecule has 50 heavy (non-hydrogen) atoms. The fourth-order valence-corrected chi connectivity index (χ4v) is 6.69. The smallest absolute Gasteiger partial charge is 0.407 e. The average molecular weight is 688 g/mol. The van der Waals surface area contributed by atoms with Gasteiger partial charge in [-0.15, -0.1) is 10.2 Å². The molecule has 0 bridgehead atoms. The normalized spacial score (nSPS) is 18.8. The van der Waals surface area contributed by atoms with Gasteiger partial charge in [-0.1, -0.05) is 25.0 Å². The van der Waals surface area contributed by atoms with Gasteiger partial charge in [0.15, 0.2) is 0 Å². The Morgan fingerprint density at radius 1 is 1.06 bits per heavy atom. The quantitative estimate of drug-likeness (QED) is 0.187. The minimum atomic E-state index is -0.473. The Hall–Kier alpha value is -3.87. The highest BCUT2D eigenvalue weighted by Crippen LogP contribution is 2.40. The van der Waals surface area contributed by atoms with Crippen molar-refractivity contribution in [2.24, 2.45) is 7.05 Å². The van der Waals surface area contributed by atoms with Gasteiger partial charge in [0.2, 0.25) is 0 Å². The molecule has 1 aromatic carbocycles. The first-order chi connectivity index (χ1) is 24.0. The zero-order valence-corrected chi connectivity index (χ0v) is 30.1. The molecule has 1 saturated carbocycles. The third-order valence-electron chi connectivity index (χ3n) is 9.65. The number of anilines is 1. The van der Waals surface area contributed by atoms with Crippen molar-refractivity contribution in [2.75, 3.05) is 44.8 Å². The first kappa shape index (κ1) is 35.9. The van der Waals surface area contributed by atoms with E-state index in [9.17, 15) is 9.59 Å². The Morgan fingerprint density at radius 2 is 1.88 bits per heavy atom. The lowest BCUT2D eigenvalue weighted by molar-refractivity contribution is -0.0610. The summed E-state index contributed by atoms with van der Waals surface area (Å²) in [5, 5.41) is 14.3. The number of pyridine rings is 1. The second-order valence-corrected chi connectivity index (χ2v) is 15.3. The van der Waals surface area contributed by atoms with Crippen LogP contribution in [-0.4, -0.2) is 87.8 Å². The van der Waals surface area contributed by atoms with E-state index in [1.165, 1.54) is 0 Å². The molecule has 6 rings (SSSR count). The Balaban J connectivity index is 0.972. The highest BCUT2D eigenvalue weighted by atomic mass is 16.6. The molecule has 270 valence electrons. The zero-order valence-electron chi connectivity index (χ0n) is 30.1. The number of hydrogen-bond donors (Lipinski definition) is 2. The van der Waals surface area contributed by atoms with Crippen LogP contribution in [0.4, 0.5) is 10.5 Å². The highest BCUT2D eigenvalue weighted by Gasteiger charge is 2.42. The van der Waals surface area contributed by atoms with Crippen molar-refractivity contribution in [3.63, 3.8) is 0 Å². The molecular weight excluding hydrogens is 634 g/mol. The largest absolute Gasteiger partial charge is 0.444 e. The van der Waals surface area contributed by atoms with Crippen LogP contribution in [0, 0.1) is 0 Å². The molecule has 2 aliphatic heterocycles. The predicted molar refractivity (Wildman–Crippen MR) is 190 cm³/mol. The molecule has 2 amide bonds. The van der Waals surface area contributed by atoms with Crippen LogP contribution in [0.5, 0.6) is 0 Å². The van der Waals surface area contributed by atoms with Gasteiger partial charge in [-0.25, -0.2) is 9.78 Å². The van der Waals surface area contributed by atoms with Gasteiger partial charge in [0.05, 0.1) is 19.3 Å². The van der Waals surface area contributed by atoms with Gasteiger partial charge in [0.25, 0.3) is 5.91 Å². The number of benzene rings is 1. The van der Waals surface area contributed by atoms with Crippen LogP contribution in [0.25, 0.3) is 0 Å². The van der Waals surface area contributed by atoms with Crippen LogP contribution in [0.1, 0.15) is 105 Å². The van der Waals surface area contributed by atoms with E-state index in [2.05, 4.69) is 43.9 Å². The van der Waals surface area contributed by atoms with Crippen molar-refractivity contribution in [2.45, 2.75) is 102 Å². The summed E-state index contributed by atoms with van der Waals surface area (Å²) < 4.78 is 19.1. The maximum atomic E-state index is 13.6. The molecule has 3 aromatic rings. The molecule has 0 unspecified atom stereocenters. The van der Waals surface area contributed by atoms with Crippen LogP contribution in [-0.2, 0) is 39.6 Å². The third kappa shape index (κ3) is 9.88. The lowest BCUT2D eigenvalue weighted by Gasteiger charge is -2.41. The van der Waals surface area contributed by atoms with E-state index in [-0.39, 0.29) is 23.5 Å². The summed E-state index contributed by atoms with van der Waals surface area (Å²) in [4.78, 5) is 32.6. The van der Waals surface area contributed by atoms with Crippen molar-refractivity contribution in [3.8, 4) is 0 Å². The fourth-order valence-electron chi connectivity index (χ4n) is 6.69. The average Bonchev–Trinajstić information content (AvgIpc) is 3.69.